The second-order valence-electron chi connectivity index (χ2n) is 5.61. The third-order valence-corrected chi connectivity index (χ3v) is 4.31. The Bertz CT molecular complexity index is 567. The second-order valence-corrected chi connectivity index (χ2v) is 5.61. The maximum atomic E-state index is 12.9. The molecule has 3 heteroatoms. The van der Waals surface area contributed by atoms with Gasteiger partial charge in [0.15, 0.2) is 0 Å². The molecule has 1 fully saturated rings. The Balaban J connectivity index is 1.78. The highest BCUT2D eigenvalue weighted by molar-refractivity contribution is 5.57. The molecule has 20 heavy (non-hydrogen) atoms. The monoisotopic (exact) mass is 273 g/mol. The van der Waals surface area contributed by atoms with Gasteiger partial charge in [-0.05, 0) is 62.2 Å². The van der Waals surface area contributed by atoms with Crippen LogP contribution in [0.3, 0.4) is 0 Å². The molecule has 0 spiro atoms. The summed E-state index contributed by atoms with van der Waals surface area (Å²) in [7, 11) is 0. The lowest BCUT2D eigenvalue weighted by molar-refractivity contribution is 0.332. The summed E-state index contributed by atoms with van der Waals surface area (Å²) in [4.78, 5) is 0. The van der Waals surface area contributed by atoms with E-state index in [4.69, 9.17) is 4.42 Å². The fraction of sp³-hybridized carbons (Fsp3) is 0.412. The van der Waals surface area contributed by atoms with Crippen LogP contribution in [-0.2, 0) is 6.42 Å². The molecule has 0 radical (unpaired) electrons. The normalized spacial score (nSPS) is 22.3. The molecular formula is C17H20FNO. The predicted octanol–water partition coefficient (Wildman–Crippen LogP) is 4.16. The lowest BCUT2D eigenvalue weighted by Gasteiger charge is -2.27. The van der Waals surface area contributed by atoms with Crippen molar-refractivity contribution in [3.05, 3.63) is 48.0 Å². The quantitative estimate of drug-likeness (QED) is 0.904. The molecule has 2 aromatic rings. The summed E-state index contributed by atoms with van der Waals surface area (Å²) < 4.78 is 18.9. The van der Waals surface area contributed by atoms with Crippen molar-refractivity contribution in [2.75, 3.05) is 6.54 Å². The number of benzene rings is 1. The maximum Gasteiger partial charge on any atom is 0.134 e. The fourth-order valence-corrected chi connectivity index (χ4v) is 3.02. The van der Waals surface area contributed by atoms with Gasteiger partial charge >= 0.3 is 0 Å². The van der Waals surface area contributed by atoms with Gasteiger partial charge in [-0.25, -0.2) is 4.39 Å². The van der Waals surface area contributed by atoms with E-state index in [0.717, 1.165) is 36.5 Å². The molecule has 0 saturated carbocycles. The van der Waals surface area contributed by atoms with Crippen LogP contribution in [0.2, 0.25) is 0 Å². The molecule has 1 saturated heterocycles. The third kappa shape index (κ3) is 2.63. The highest BCUT2D eigenvalue weighted by atomic mass is 19.1. The Morgan fingerprint density at radius 1 is 1.20 bits per heavy atom. The van der Waals surface area contributed by atoms with Crippen LogP contribution in [0.25, 0.3) is 11.3 Å². The Morgan fingerprint density at radius 2 is 2.00 bits per heavy atom. The Morgan fingerprint density at radius 3 is 2.65 bits per heavy atom. The van der Waals surface area contributed by atoms with Gasteiger partial charge < -0.3 is 9.73 Å². The molecule has 0 amide bonds. The lowest BCUT2D eigenvalue weighted by Crippen LogP contribution is -2.41. The first kappa shape index (κ1) is 13.4. The predicted molar refractivity (Wildman–Crippen MR) is 78.1 cm³/mol. The molecule has 3 rings (SSSR count). The number of nitrogens with one attached hydrogen (secondary N) is 1. The van der Waals surface area contributed by atoms with Crippen LogP contribution in [0.1, 0.15) is 31.9 Å². The van der Waals surface area contributed by atoms with E-state index in [1.54, 1.807) is 12.1 Å². The van der Waals surface area contributed by atoms with Gasteiger partial charge in [0.25, 0.3) is 0 Å². The van der Waals surface area contributed by atoms with Crippen LogP contribution in [-0.4, -0.2) is 12.1 Å². The molecule has 1 aliphatic rings. The zero-order valence-electron chi connectivity index (χ0n) is 11.8. The van der Waals surface area contributed by atoms with Gasteiger partial charge in [-0.1, -0.05) is 6.92 Å². The van der Waals surface area contributed by atoms with E-state index in [2.05, 4.69) is 12.2 Å². The summed E-state index contributed by atoms with van der Waals surface area (Å²) >= 11 is 0. The second kappa shape index (κ2) is 5.41. The van der Waals surface area contributed by atoms with Crippen molar-refractivity contribution >= 4 is 0 Å². The molecule has 2 heterocycles. The minimum Gasteiger partial charge on any atom is -0.461 e. The summed E-state index contributed by atoms with van der Waals surface area (Å²) in [6.07, 6.45) is 4.47. The molecule has 1 aliphatic heterocycles. The zero-order chi connectivity index (χ0) is 14.0. The fourth-order valence-electron chi connectivity index (χ4n) is 3.02. The van der Waals surface area contributed by atoms with Crippen LogP contribution >= 0.6 is 0 Å². The largest absolute Gasteiger partial charge is 0.461 e. The average Bonchev–Trinajstić information content (AvgIpc) is 3.10. The van der Waals surface area contributed by atoms with Crippen molar-refractivity contribution < 1.29 is 8.81 Å². The first-order valence-electron chi connectivity index (χ1n) is 7.30. The van der Waals surface area contributed by atoms with Crippen molar-refractivity contribution in [1.29, 1.82) is 0 Å². The molecule has 1 unspecified atom stereocenters. The number of halogens is 1. The minimum absolute atomic E-state index is 0.192. The van der Waals surface area contributed by atoms with Gasteiger partial charge in [-0.3, -0.25) is 0 Å². The minimum atomic E-state index is -0.222. The zero-order valence-corrected chi connectivity index (χ0v) is 11.8. The van der Waals surface area contributed by atoms with Crippen molar-refractivity contribution in [2.24, 2.45) is 0 Å². The molecule has 1 atom stereocenters. The third-order valence-electron chi connectivity index (χ3n) is 4.31. The molecule has 1 N–H and O–H groups in total. The Labute approximate surface area is 119 Å². The standard InChI is InChI=1S/C17H20FNO/c1-2-17(10-3-11-19-17)12-15-8-9-16(20-15)13-4-6-14(18)7-5-13/h4-9,19H,2-3,10-12H2,1H3. The summed E-state index contributed by atoms with van der Waals surface area (Å²) in [5, 5.41) is 3.62. The molecule has 2 nitrogen and oxygen atoms in total. The van der Waals surface area contributed by atoms with Crippen LogP contribution in [0.4, 0.5) is 4.39 Å². The smallest absolute Gasteiger partial charge is 0.134 e. The summed E-state index contributed by atoms with van der Waals surface area (Å²) in [6, 6.07) is 10.4. The van der Waals surface area contributed by atoms with Crippen LogP contribution < -0.4 is 5.32 Å². The van der Waals surface area contributed by atoms with Gasteiger partial charge in [0, 0.05) is 17.5 Å². The number of hydrogen-bond donors (Lipinski definition) is 1. The molecule has 1 aromatic carbocycles. The number of hydrogen-bond acceptors (Lipinski definition) is 2. The summed E-state index contributed by atoms with van der Waals surface area (Å²) in [5.41, 5.74) is 1.11. The van der Waals surface area contributed by atoms with Crippen molar-refractivity contribution in [3.8, 4) is 11.3 Å². The van der Waals surface area contributed by atoms with Gasteiger partial charge in [0.05, 0.1) is 0 Å². The average molecular weight is 273 g/mol. The topological polar surface area (TPSA) is 25.2 Å². The van der Waals surface area contributed by atoms with E-state index in [9.17, 15) is 4.39 Å². The molecule has 106 valence electrons. The van der Waals surface area contributed by atoms with E-state index in [-0.39, 0.29) is 11.4 Å². The van der Waals surface area contributed by atoms with E-state index in [1.165, 1.54) is 25.0 Å². The van der Waals surface area contributed by atoms with E-state index in [1.807, 2.05) is 12.1 Å². The van der Waals surface area contributed by atoms with Gasteiger partial charge in [-0.2, -0.15) is 0 Å². The van der Waals surface area contributed by atoms with Crippen molar-refractivity contribution in [1.82, 2.24) is 5.32 Å². The number of furan rings is 1. The maximum absolute atomic E-state index is 12.9. The van der Waals surface area contributed by atoms with Crippen molar-refractivity contribution in [2.45, 2.75) is 38.1 Å². The van der Waals surface area contributed by atoms with E-state index < -0.39 is 0 Å². The summed E-state index contributed by atoms with van der Waals surface area (Å²) in [5.74, 6) is 1.59. The summed E-state index contributed by atoms with van der Waals surface area (Å²) in [6.45, 7) is 3.32. The first-order chi connectivity index (χ1) is 9.71. The Hall–Kier alpha value is -1.61. The van der Waals surface area contributed by atoms with Gasteiger partial charge in [-0.15, -0.1) is 0 Å². The first-order valence-corrected chi connectivity index (χ1v) is 7.30. The van der Waals surface area contributed by atoms with E-state index >= 15 is 0 Å². The highest BCUT2D eigenvalue weighted by Gasteiger charge is 2.32. The Kier molecular flexibility index (Phi) is 3.62. The molecular weight excluding hydrogens is 253 g/mol. The van der Waals surface area contributed by atoms with Crippen LogP contribution in [0.5, 0.6) is 0 Å². The number of rotatable bonds is 4. The molecule has 0 aliphatic carbocycles. The lowest BCUT2D eigenvalue weighted by atomic mass is 9.89. The SMILES string of the molecule is CCC1(Cc2ccc(-c3ccc(F)cc3)o2)CCCN1. The van der Waals surface area contributed by atoms with Gasteiger partial charge in [0.2, 0.25) is 0 Å². The van der Waals surface area contributed by atoms with E-state index in [0.29, 0.717) is 0 Å². The molecule has 1 aromatic heterocycles. The van der Waals surface area contributed by atoms with Crippen molar-refractivity contribution in [3.63, 3.8) is 0 Å². The van der Waals surface area contributed by atoms with Crippen LogP contribution in [0, 0.1) is 5.82 Å². The molecule has 0 bridgehead atoms. The van der Waals surface area contributed by atoms with Crippen LogP contribution in [0.15, 0.2) is 40.8 Å². The van der Waals surface area contributed by atoms with Gasteiger partial charge in [0.1, 0.15) is 17.3 Å². The highest BCUT2D eigenvalue weighted by Crippen LogP contribution is 2.30.